The molecule has 1 aromatic heterocycles. The van der Waals surface area contributed by atoms with Crippen molar-refractivity contribution in [1.29, 1.82) is 0 Å². The third kappa shape index (κ3) is 4.40. The van der Waals surface area contributed by atoms with E-state index in [4.69, 9.17) is 20.9 Å². The van der Waals surface area contributed by atoms with E-state index in [0.29, 0.717) is 34.6 Å². The minimum Gasteiger partial charge on any atom is -0.495 e. The Bertz CT molecular complexity index is 924. The van der Waals surface area contributed by atoms with E-state index < -0.39 is 0 Å². The summed E-state index contributed by atoms with van der Waals surface area (Å²) < 4.78 is 10.5. The topological polar surface area (TPSA) is 77.2 Å². The number of rotatable bonds is 6. The summed E-state index contributed by atoms with van der Waals surface area (Å²) >= 11 is 5.97. The molecule has 134 valence electrons. The van der Waals surface area contributed by atoms with Gasteiger partial charge in [0.25, 0.3) is 0 Å². The van der Waals surface area contributed by atoms with Gasteiger partial charge < -0.3 is 14.6 Å². The van der Waals surface area contributed by atoms with Gasteiger partial charge in [-0.25, -0.2) is 0 Å². The Hall–Kier alpha value is -2.86. The summed E-state index contributed by atoms with van der Waals surface area (Å²) in [4.78, 5) is 16.5. The Morgan fingerprint density at radius 3 is 2.88 bits per heavy atom. The Labute approximate surface area is 156 Å². The van der Waals surface area contributed by atoms with E-state index in [1.165, 1.54) is 0 Å². The number of aromatic nitrogens is 2. The highest BCUT2D eigenvalue weighted by atomic mass is 35.5. The Morgan fingerprint density at radius 1 is 1.27 bits per heavy atom. The maximum Gasteiger partial charge on any atom is 0.227 e. The van der Waals surface area contributed by atoms with Gasteiger partial charge in [-0.3, -0.25) is 4.79 Å². The molecule has 6 nitrogen and oxygen atoms in total. The Kier molecular flexibility index (Phi) is 5.53. The van der Waals surface area contributed by atoms with E-state index in [0.717, 1.165) is 11.1 Å². The van der Waals surface area contributed by atoms with E-state index in [1.54, 1.807) is 19.2 Å². The average Bonchev–Trinajstić information content (AvgIpc) is 3.09. The number of methoxy groups -OCH3 is 1. The summed E-state index contributed by atoms with van der Waals surface area (Å²) in [6.45, 7) is 1.95. The van der Waals surface area contributed by atoms with Gasteiger partial charge in [0.1, 0.15) is 5.75 Å². The van der Waals surface area contributed by atoms with Gasteiger partial charge >= 0.3 is 0 Å². The standard InChI is InChI=1S/C19H18ClN3O3/c1-12-6-7-16(25-2)15(10-12)21-17(24)8-9-18-22-19(23-26-18)13-4-3-5-14(20)11-13/h3-7,10-11H,8-9H2,1-2H3,(H,21,24). The van der Waals surface area contributed by atoms with Gasteiger partial charge in [0.05, 0.1) is 12.8 Å². The first-order valence-electron chi connectivity index (χ1n) is 8.08. The van der Waals surface area contributed by atoms with Crippen LogP contribution in [0.15, 0.2) is 47.0 Å². The fourth-order valence-corrected chi connectivity index (χ4v) is 2.64. The molecular formula is C19H18ClN3O3. The third-order valence-electron chi connectivity index (χ3n) is 3.75. The minimum absolute atomic E-state index is 0.156. The highest BCUT2D eigenvalue weighted by Gasteiger charge is 2.12. The molecule has 0 radical (unpaired) electrons. The van der Waals surface area contributed by atoms with Crippen LogP contribution in [0.3, 0.4) is 0 Å². The number of anilines is 1. The largest absolute Gasteiger partial charge is 0.495 e. The maximum atomic E-state index is 12.2. The van der Waals surface area contributed by atoms with Crippen molar-refractivity contribution < 1.29 is 14.1 Å². The van der Waals surface area contributed by atoms with Crippen LogP contribution in [0.4, 0.5) is 5.69 Å². The number of hydrogen-bond donors (Lipinski definition) is 1. The molecule has 3 rings (SSSR count). The van der Waals surface area contributed by atoms with Crippen LogP contribution in [-0.2, 0) is 11.2 Å². The molecule has 2 aromatic carbocycles. The number of aryl methyl sites for hydroxylation is 2. The molecule has 0 bridgehead atoms. The second-order valence-corrected chi connectivity index (χ2v) is 6.21. The molecule has 0 atom stereocenters. The van der Waals surface area contributed by atoms with Crippen LogP contribution in [-0.4, -0.2) is 23.2 Å². The van der Waals surface area contributed by atoms with Crippen LogP contribution in [0.5, 0.6) is 5.75 Å². The van der Waals surface area contributed by atoms with Crippen LogP contribution in [0.2, 0.25) is 5.02 Å². The number of benzene rings is 2. The van der Waals surface area contributed by atoms with E-state index >= 15 is 0 Å². The van der Waals surface area contributed by atoms with Crippen LogP contribution in [0.25, 0.3) is 11.4 Å². The SMILES string of the molecule is COc1ccc(C)cc1NC(=O)CCc1nc(-c2cccc(Cl)c2)no1. The highest BCUT2D eigenvalue weighted by molar-refractivity contribution is 6.30. The van der Waals surface area contributed by atoms with Crippen LogP contribution >= 0.6 is 11.6 Å². The van der Waals surface area contributed by atoms with E-state index in [9.17, 15) is 4.79 Å². The molecule has 7 heteroatoms. The number of ether oxygens (including phenoxy) is 1. The predicted molar refractivity (Wildman–Crippen MR) is 99.4 cm³/mol. The number of hydrogen-bond acceptors (Lipinski definition) is 5. The smallest absolute Gasteiger partial charge is 0.227 e. The maximum absolute atomic E-state index is 12.2. The van der Waals surface area contributed by atoms with Crippen LogP contribution in [0.1, 0.15) is 17.9 Å². The molecule has 0 saturated heterocycles. The zero-order chi connectivity index (χ0) is 18.5. The third-order valence-corrected chi connectivity index (χ3v) is 3.98. The molecule has 26 heavy (non-hydrogen) atoms. The first-order valence-corrected chi connectivity index (χ1v) is 8.46. The number of carbonyl (C=O) groups excluding carboxylic acids is 1. The van der Waals surface area contributed by atoms with Crippen molar-refractivity contribution in [2.45, 2.75) is 19.8 Å². The molecule has 0 fully saturated rings. The van der Waals surface area contributed by atoms with Gasteiger partial charge in [-0.05, 0) is 36.8 Å². The van der Waals surface area contributed by atoms with Crippen molar-refractivity contribution in [2.24, 2.45) is 0 Å². The summed E-state index contributed by atoms with van der Waals surface area (Å²) in [6, 6.07) is 12.8. The van der Waals surface area contributed by atoms with Crippen molar-refractivity contribution in [3.8, 4) is 17.1 Å². The van der Waals surface area contributed by atoms with Crippen molar-refractivity contribution in [3.63, 3.8) is 0 Å². The molecule has 1 heterocycles. The summed E-state index contributed by atoms with van der Waals surface area (Å²) in [5.41, 5.74) is 2.44. The molecule has 0 spiro atoms. The van der Waals surface area contributed by atoms with Gasteiger partial charge in [-0.15, -0.1) is 0 Å². The number of amides is 1. The predicted octanol–water partition coefficient (Wildman–Crippen LogP) is 4.28. The average molecular weight is 372 g/mol. The minimum atomic E-state index is -0.156. The lowest BCUT2D eigenvalue weighted by Crippen LogP contribution is -2.13. The molecule has 0 aliphatic heterocycles. The van der Waals surface area contributed by atoms with Crippen molar-refractivity contribution in [3.05, 3.63) is 58.9 Å². The fourth-order valence-electron chi connectivity index (χ4n) is 2.45. The molecular weight excluding hydrogens is 354 g/mol. The van der Waals surface area contributed by atoms with Crippen LogP contribution in [0, 0.1) is 6.92 Å². The monoisotopic (exact) mass is 371 g/mol. The van der Waals surface area contributed by atoms with Crippen molar-refractivity contribution in [2.75, 3.05) is 12.4 Å². The second kappa shape index (κ2) is 8.01. The van der Waals surface area contributed by atoms with Gasteiger partial charge in [0, 0.05) is 23.4 Å². The quantitative estimate of drug-likeness (QED) is 0.699. The Morgan fingerprint density at radius 2 is 2.12 bits per heavy atom. The number of nitrogens with zero attached hydrogens (tertiary/aromatic N) is 2. The van der Waals surface area contributed by atoms with E-state index in [2.05, 4.69) is 15.5 Å². The normalized spacial score (nSPS) is 10.6. The van der Waals surface area contributed by atoms with Gasteiger partial charge in [-0.1, -0.05) is 35.0 Å². The fraction of sp³-hybridized carbons (Fsp3) is 0.211. The molecule has 0 unspecified atom stereocenters. The lowest BCUT2D eigenvalue weighted by Gasteiger charge is -2.10. The van der Waals surface area contributed by atoms with E-state index in [-0.39, 0.29) is 12.3 Å². The molecule has 0 aliphatic carbocycles. The molecule has 1 amide bonds. The highest BCUT2D eigenvalue weighted by Crippen LogP contribution is 2.25. The Balaban J connectivity index is 1.61. The van der Waals surface area contributed by atoms with E-state index in [1.807, 2.05) is 37.3 Å². The summed E-state index contributed by atoms with van der Waals surface area (Å²) in [5, 5.41) is 7.38. The van der Waals surface area contributed by atoms with Crippen molar-refractivity contribution >= 4 is 23.2 Å². The van der Waals surface area contributed by atoms with Gasteiger partial charge in [0.15, 0.2) is 0 Å². The van der Waals surface area contributed by atoms with Gasteiger partial charge in [0.2, 0.25) is 17.6 Å². The number of halogens is 1. The molecule has 0 aliphatic rings. The zero-order valence-corrected chi connectivity index (χ0v) is 15.2. The molecule has 0 saturated carbocycles. The molecule has 3 aromatic rings. The first kappa shape index (κ1) is 17.9. The summed E-state index contributed by atoms with van der Waals surface area (Å²) in [7, 11) is 1.57. The van der Waals surface area contributed by atoms with Gasteiger partial charge in [-0.2, -0.15) is 4.98 Å². The number of nitrogens with one attached hydrogen (secondary N) is 1. The number of carbonyl (C=O) groups is 1. The lowest BCUT2D eigenvalue weighted by atomic mass is 10.2. The first-order chi connectivity index (χ1) is 12.5. The van der Waals surface area contributed by atoms with Crippen molar-refractivity contribution in [1.82, 2.24) is 10.1 Å². The second-order valence-electron chi connectivity index (χ2n) is 5.77. The summed E-state index contributed by atoms with van der Waals surface area (Å²) in [6.07, 6.45) is 0.557. The van der Waals surface area contributed by atoms with Crippen LogP contribution < -0.4 is 10.1 Å². The lowest BCUT2D eigenvalue weighted by molar-refractivity contribution is -0.116. The summed E-state index contributed by atoms with van der Waals surface area (Å²) in [5.74, 6) is 1.30. The molecule has 1 N–H and O–H groups in total. The zero-order valence-electron chi connectivity index (χ0n) is 14.5.